The third-order valence-electron chi connectivity index (χ3n) is 4.06. The van der Waals surface area contributed by atoms with Crippen LogP contribution in [0.5, 0.6) is 0 Å². The molecule has 2 heteroatoms. The van der Waals surface area contributed by atoms with E-state index in [1.807, 2.05) is 7.11 Å². The fraction of sp³-hybridized carbons (Fsp3) is 1.00. The van der Waals surface area contributed by atoms with E-state index in [-0.39, 0.29) is 5.60 Å². The molecule has 1 aliphatic rings. The summed E-state index contributed by atoms with van der Waals surface area (Å²) in [5, 5.41) is 3.64. The summed E-state index contributed by atoms with van der Waals surface area (Å²) in [6, 6.07) is 0.528. The van der Waals surface area contributed by atoms with Gasteiger partial charge in [0.1, 0.15) is 0 Å². The average molecular weight is 213 g/mol. The second-order valence-electron chi connectivity index (χ2n) is 4.90. The van der Waals surface area contributed by atoms with E-state index in [1.165, 1.54) is 32.1 Å². The zero-order valence-electron chi connectivity index (χ0n) is 10.8. The smallest absolute Gasteiger partial charge is 0.0833 e. The van der Waals surface area contributed by atoms with Gasteiger partial charge < -0.3 is 10.1 Å². The summed E-state index contributed by atoms with van der Waals surface area (Å²) >= 11 is 0. The maximum atomic E-state index is 5.87. The number of hydrogen-bond donors (Lipinski definition) is 1. The van der Waals surface area contributed by atoms with Gasteiger partial charge in [-0.2, -0.15) is 0 Å². The molecular weight excluding hydrogens is 186 g/mol. The lowest BCUT2D eigenvalue weighted by Gasteiger charge is -2.40. The molecule has 0 aromatic carbocycles. The fourth-order valence-electron chi connectivity index (χ4n) is 2.98. The highest BCUT2D eigenvalue weighted by Crippen LogP contribution is 2.38. The van der Waals surface area contributed by atoms with Crippen LogP contribution in [0.3, 0.4) is 0 Å². The van der Waals surface area contributed by atoms with Crippen LogP contribution >= 0.6 is 0 Å². The Bertz CT molecular complexity index is 175. The van der Waals surface area contributed by atoms with Crippen molar-refractivity contribution in [2.45, 2.75) is 64.5 Å². The van der Waals surface area contributed by atoms with Gasteiger partial charge >= 0.3 is 0 Å². The third kappa shape index (κ3) is 2.73. The normalized spacial score (nSPS) is 24.0. The molecule has 0 heterocycles. The monoisotopic (exact) mass is 213 g/mol. The zero-order valence-corrected chi connectivity index (χ0v) is 10.8. The molecule has 15 heavy (non-hydrogen) atoms. The second kappa shape index (κ2) is 5.86. The lowest BCUT2D eigenvalue weighted by atomic mass is 9.82. The molecule has 1 saturated carbocycles. The number of ether oxygens (including phenoxy) is 1. The van der Waals surface area contributed by atoms with E-state index in [0.29, 0.717) is 12.0 Å². The van der Waals surface area contributed by atoms with Gasteiger partial charge in [0.05, 0.1) is 5.60 Å². The van der Waals surface area contributed by atoms with E-state index >= 15 is 0 Å². The predicted octanol–water partition coefficient (Wildman–Crippen LogP) is 2.97. The molecule has 0 aliphatic heterocycles. The Morgan fingerprint density at radius 2 is 1.87 bits per heavy atom. The summed E-state index contributed by atoms with van der Waals surface area (Å²) in [7, 11) is 1.89. The van der Waals surface area contributed by atoms with Crippen LogP contribution in [0.4, 0.5) is 0 Å². The van der Waals surface area contributed by atoms with Crippen molar-refractivity contribution in [2.24, 2.45) is 5.92 Å². The van der Waals surface area contributed by atoms with Gasteiger partial charge in [-0.15, -0.1) is 0 Å². The van der Waals surface area contributed by atoms with Crippen molar-refractivity contribution in [3.05, 3.63) is 0 Å². The fourth-order valence-corrected chi connectivity index (χ4v) is 2.98. The van der Waals surface area contributed by atoms with E-state index in [9.17, 15) is 0 Å². The minimum absolute atomic E-state index is 0.117. The third-order valence-corrected chi connectivity index (χ3v) is 4.06. The molecule has 0 saturated heterocycles. The number of hydrogen-bond acceptors (Lipinski definition) is 2. The summed E-state index contributed by atoms with van der Waals surface area (Å²) in [6.07, 6.45) is 6.33. The lowest BCUT2D eigenvalue weighted by Crippen LogP contribution is -2.53. The van der Waals surface area contributed by atoms with Crippen LogP contribution in [-0.2, 0) is 4.74 Å². The van der Waals surface area contributed by atoms with E-state index < -0.39 is 0 Å². The van der Waals surface area contributed by atoms with Crippen molar-refractivity contribution < 1.29 is 4.74 Å². The minimum atomic E-state index is 0.117. The molecule has 1 fully saturated rings. The summed E-state index contributed by atoms with van der Waals surface area (Å²) in [5.41, 5.74) is 0.117. The Labute approximate surface area is 94.8 Å². The highest BCUT2D eigenvalue weighted by Gasteiger charge is 2.42. The van der Waals surface area contributed by atoms with Crippen molar-refractivity contribution in [1.29, 1.82) is 0 Å². The van der Waals surface area contributed by atoms with Crippen molar-refractivity contribution in [2.75, 3.05) is 13.7 Å². The van der Waals surface area contributed by atoms with Crippen LogP contribution in [0.1, 0.15) is 52.9 Å². The first-order chi connectivity index (χ1) is 7.20. The summed E-state index contributed by atoms with van der Waals surface area (Å²) < 4.78 is 5.87. The molecule has 0 bridgehead atoms. The maximum Gasteiger partial charge on any atom is 0.0833 e. The number of nitrogens with one attached hydrogen (secondary N) is 1. The summed E-state index contributed by atoms with van der Waals surface area (Å²) in [4.78, 5) is 0. The van der Waals surface area contributed by atoms with E-state index in [1.54, 1.807) is 0 Å². The Kier molecular flexibility index (Phi) is 5.07. The molecule has 1 aliphatic carbocycles. The van der Waals surface area contributed by atoms with Crippen LogP contribution in [0.15, 0.2) is 0 Å². The predicted molar refractivity (Wildman–Crippen MR) is 65.1 cm³/mol. The molecule has 90 valence electrons. The minimum Gasteiger partial charge on any atom is -0.377 e. The second-order valence-corrected chi connectivity index (χ2v) is 4.90. The Balaban J connectivity index is 2.74. The molecule has 0 radical (unpaired) electrons. The first-order valence-corrected chi connectivity index (χ1v) is 6.48. The van der Waals surface area contributed by atoms with E-state index in [0.717, 1.165) is 6.54 Å². The van der Waals surface area contributed by atoms with Crippen molar-refractivity contribution in [3.8, 4) is 0 Å². The van der Waals surface area contributed by atoms with E-state index in [2.05, 4.69) is 26.1 Å². The van der Waals surface area contributed by atoms with Gasteiger partial charge in [0, 0.05) is 13.2 Å². The quantitative estimate of drug-likeness (QED) is 0.732. The first kappa shape index (κ1) is 13.0. The van der Waals surface area contributed by atoms with Gasteiger partial charge in [-0.05, 0) is 25.3 Å². The van der Waals surface area contributed by atoms with Gasteiger partial charge in [0.25, 0.3) is 0 Å². The standard InChI is InChI=1S/C13H27NO/c1-5-11(3)12(14-6-2)13(15-4)9-7-8-10-13/h11-12,14H,5-10H2,1-4H3. The molecule has 0 spiro atoms. The lowest BCUT2D eigenvalue weighted by molar-refractivity contribution is -0.0498. The van der Waals surface area contributed by atoms with Crippen LogP contribution in [-0.4, -0.2) is 25.3 Å². The zero-order chi connectivity index (χ0) is 11.3. The Morgan fingerprint density at radius 3 is 2.27 bits per heavy atom. The van der Waals surface area contributed by atoms with Crippen LogP contribution in [0.25, 0.3) is 0 Å². The highest BCUT2D eigenvalue weighted by molar-refractivity contribution is 4.98. The topological polar surface area (TPSA) is 21.3 Å². The van der Waals surface area contributed by atoms with Crippen molar-refractivity contribution >= 4 is 0 Å². The summed E-state index contributed by atoms with van der Waals surface area (Å²) in [5.74, 6) is 0.697. The van der Waals surface area contributed by atoms with Gasteiger partial charge in [0.2, 0.25) is 0 Å². The molecule has 0 aromatic rings. The molecular formula is C13H27NO. The Morgan fingerprint density at radius 1 is 1.27 bits per heavy atom. The van der Waals surface area contributed by atoms with Gasteiger partial charge in [0.15, 0.2) is 0 Å². The SMILES string of the molecule is CCNC(C(C)CC)C1(OC)CCCC1. The molecule has 1 N–H and O–H groups in total. The molecule has 0 amide bonds. The molecule has 2 atom stereocenters. The number of likely N-dealkylation sites (N-methyl/N-ethyl adjacent to an activating group) is 1. The Hall–Kier alpha value is -0.0800. The van der Waals surface area contributed by atoms with Gasteiger partial charge in [-0.25, -0.2) is 0 Å². The van der Waals surface area contributed by atoms with Crippen molar-refractivity contribution in [3.63, 3.8) is 0 Å². The summed E-state index contributed by atoms with van der Waals surface area (Å²) in [6.45, 7) is 7.84. The molecule has 0 aromatic heterocycles. The average Bonchev–Trinajstić information content (AvgIpc) is 2.74. The molecule has 2 unspecified atom stereocenters. The van der Waals surface area contributed by atoms with Crippen molar-refractivity contribution in [1.82, 2.24) is 5.32 Å². The maximum absolute atomic E-state index is 5.87. The van der Waals surface area contributed by atoms with Crippen LogP contribution in [0.2, 0.25) is 0 Å². The molecule has 2 nitrogen and oxygen atoms in total. The van der Waals surface area contributed by atoms with Gasteiger partial charge in [-0.1, -0.05) is 40.0 Å². The van der Waals surface area contributed by atoms with Crippen LogP contribution < -0.4 is 5.32 Å². The molecule has 1 rings (SSSR count). The first-order valence-electron chi connectivity index (χ1n) is 6.48. The number of rotatable bonds is 6. The van der Waals surface area contributed by atoms with E-state index in [4.69, 9.17) is 4.74 Å². The highest BCUT2D eigenvalue weighted by atomic mass is 16.5. The van der Waals surface area contributed by atoms with Crippen LogP contribution in [0, 0.1) is 5.92 Å². The number of methoxy groups -OCH3 is 1. The van der Waals surface area contributed by atoms with Gasteiger partial charge in [-0.3, -0.25) is 0 Å². The largest absolute Gasteiger partial charge is 0.377 e.